The number of allylic oxidation sites excluding steroid dienone is 1. The molecule has 6 nitrogen and oxygen atoms in total. The van der Waals surface area contributed by atoms with Gasteiger partial charge in [0.2, 0.25) is 0 Å². The lowest BCUT2D eigenvalue weighted by molar-refractivity contribution is 0.449. The molecule has 0 spiro atoms. The van der Waals surface area contributed by atoms with Crippen LogP contribution in [-0.4, -0.2) is 21.0 Å². The molecule has 1 aliphatic rings. The molecule has 0 aliphatic carbocycles. The molecule has 0 saturated heterocycles. The van der Waals surface area contributed by atoms with E-state index in [4.69, 9.17) is 5.10 Å². The molecule has 1 heterocycles. The third-order valence-corrected chi connectivity index (χ3v) is 6.55. The molecule has 4 N–H and O–H groups in total. The van der Waals surface area contributed by atoms with Gasteiger partial charge in [-0.2, -0.15) is 10.2 Å². The van der Waals surface area contributed by atoms with Gasteiger partial charge in [0.15, 0.2) is 0 Å². The fourth-order valence-electron chi connectivity index (χ4n) is 4.76. The lowest BCUT2D eigenvalue weighted by atomic mass is 9.87. The quantitative estimate of drug-likeness (QED) is 0.268. The van der Waals surface area contributed by atoms with E-state index in [2.05, 4.69) is 17.6 Å². The molecule has 1 aliphatic heterocycles. The van der Waals surface area contributed by atoms with Crippen molar-refractivity contribution in [1.82, 2.24) is 5.43 Å². The van der Waals surface area contributed by atoms with Crippen LogP contribution in [0.2, 0.25) is 0 Å². The SMILES string of the molecule is Cc1ccc(C2=NN(c3ccc(O)cc3O)NC(c3ccc(C)cc3C)=C2c2ccccc2O)c(C)c1. The van der Waals surface area contributed by atoms with Crippen molar-refractivity contribution in [2.45, 2.75) is 27.7 Å². The molecule has 0 unspecified atom stereocenters. The second kappa shape index (κ2) is 9.39. The number of phenolic OH excluding ortho intramolecular Hbond substituents is 3. The number of hydrazone groups is 1. The van der Waals surface area contributed by atoms with Gasteiger partial charge >= 0.3 is 0 Å². The maximum atomic E-state index is 11.0. The predicted molar refractivity (Wildman–Crippen MR) is 149 cm³/mol. The zero-order valence-electron chi connectivity index (χ0n) is 21.2. The number of hydrazine groups is 1. The average molecular weight is 492 g/mol. The fourth-order valence-corrected chi connectivity index (χ4v) is 4.76. The number of benzene rings is 4. The summed E-state index contributed by atoms with van der Waals surface area (Å²) in [5.41, 5.74) is 12.7. The van der Waals surface area contributed by atoms with Gasteiger partial charge < -0.3 is 15.3 Å². The first-order valence-corrected chi connectivity index (χ1v) is 12.1. The Balaban J connectivity index is 1.86. The van der Waals surface area contributed by atoms with E-state index in [1.807, 2.05) is 64.1 Å². The first-order chi connectivity index (χ1) is 17.7. The van der Waals surface area contributed by atoms with Crippen molar-refractivity contribution in [1.29, 1.82) is 0 Å². The minimum atomic E-state index is -0.123. The highest BCUT2D eigenvalue weighted by Gasteiger charge is 2.30. The average Bonchev–Trinajstić information content (AvgIpc) is 2.84. The van der Waals surface area contributed by atoms with Crippen molar-refractivity contribution in [2.24, 2.45) is 5.10 Å². The molecule has 5 rings (SSSR count). The molecular weight excluding hydrogens is 462 g/mol. The molecule has 4 aromatic rings. The monoisotopic (exact) mass is 491 g/mol. The number of rotatable bonds is 4. The van der Waals surface area contributed by atoms with Crippen LogP contribution in [0.4, 0.5) is 5.69 Å². The van der Waals surface area contributed by atoms with Crippen LogP contribution >= 0.6 is 0 Å². The number of aromatic hydroxyl groups is 3. The Morgan fingerprint density at radius 2 is 1.30 bits per heavy atom. The summed E-state index contributed by atoms with van der Waals surface area (Å²) in [5.74, 6) is -0.0287. The van der Waals surface area contributed by atoms with Gasteiger partial charge in [0.05, 0.1) is 5.70 Å². The Morgan fingerprint density at radius 3 is 1.92 bits per heavy atom. The molecule has 4 aromatic carbocycles. The molecule has 186 valence electrons. The lowest BCUT2D eigenvalue weighted by Crippen LogP contribution is -2.38. The second-order valence-electron chi connectivity index (χ2n) is 9.45. The van der Waals surface area contributed by atoms with Gasteiger partial charge in [0.1, 0.15) is 28.6 Å². The van der Waals surface area contributed by atoms with Gasteiger partial charge in [-0.15, -0.1) is 0 Å². The van der Waals surface area contributed by atoms with Crippen LogP contribution in [0.5, 0.6) is 17.2 Å². The molecule has 0 radical (unpaired) electrons. The molecule has 0 atom stereocenters. The molecule has 37 heavy (non-hydrogen) atoms. The normalized spacial score (nSPS) is 13.4. The number of para-hydroxylation sites is 1. The number of phenols is 3. The maximum Gasteiger partial charge on any atom is 0.146 e. The Labute approximate surface area is 216 Å². The van der Waals surface area contributed by atoms with E-state index in [1.165, 1.54) is 17.3 Å². The van der Waals surface area contributed by atoms with Gasteiger partial charge in [-0.05, 0) is 57.0 Å². The minimum Gasteiger partial charge on any atom is -0.508 e. The fraction of sp³-hybridized carbons (Fsp3) is 0.129. The third kappa shape index (κ3) is 4.49. The number of aryl methyl sites for hydroxylation is 4. The van der Waals surface area contributed by atoms with E-state index in [9.17, 15) is 15.3 Å². The van der Waals surface area contributed by atoms with Crippen molar-refractivity contribution < 1.29 is 15.3 Å². The molecule has 0 bridgehead atoms. The highest BCUT2D eigenvalue weighted by atomic mass is 16.3. The van der Waals surface area contributed by atoms with Gasteiger partial charge in [-0.3, -0.25) is 5.43 Å². The molecule has 0 amide bonds. The first kappa shape index (κ1) is 24.0. The Morgan fingerprint density at radius 1 is 0.649 bits per heavy atom. The standard InChI is InChI=1S/C31H29N3O3/c1-18-9-12-23(20(3)15-18)30-29(25-7-5-6-8-27(25)36)31(24-13-10-19(2)16-21(24)4)33-34(32-30)26-14-11-22(35)17-28(26)37/h5-17,32,35-37H,1-4H3. The Hall–Kier alpha value is -4.71. The predicted octanol–water partition coefficient (Wildman–Crippen LogP) is 6.33. The number of nitrogens with zero attached hydrogens (tertiary/aromatic N) is 2. The topological polar surface area (TPSA) is 88.3 Å². The molecule has 6 heteroatoms. The molecular formula is C31H29N3O3. The van der Waals surface area contributed by atoms with E-state index in [0.29, 0.717) is 17.0 Å². The molecule has 0 fully saturated rings. The van der Waals surface area contributed by atoms with Crippen molar-refractivity contribution in [3.05, 3.63) is 118 Å². The van der Waals surface area contributed by atoms with E-state index < -0.39 is 0 Å². The van der Waals surface area contributed by atoms with Gasteiger partial charge in [-0.25, -0.2) is 0 Å². The van der Waals surface area contributed by atoms with E-state index in [-0.39, 0.29) is 17.2 Å². The number of anilines is 1. The van der Waals surface area contributed by atoms with E-state index in [0.717, 1.165) is 44.7 Å². The van der Waals surface area contributed by atoms with Crippen molar-refractivity contribution in [3.8, 4) is 17.2 Å². The lowest BCUT2D eigenvalue weighted by Gasteiger charge is -2.33. The van der Waals surface area contributed by atoms with Crippen LogP contribution < -0.4 is 10.5 Å². The summed E-state index contributed by atoms with van der Waals surface area (Å²) in [6.45, 7) is 8.17. The third-order valence-electron chi connectivity index (χ3n) is 6.55. The van der Waals surface area contributed by atoms with Crippen LogP contribution in [0.15, 0.2) is 84.0 Å². The van der Waals surface area contributed by atoms with Crippen LogP contribution in [-0.2, 0) is 0 Å². The van der Waals surface area contributed by atoms with Gasteiger partial charge in [0.25, 0.3) is 0 Å². The first-order valence-electron chi connectivity index (χ1n) is 12.1. The molecule has 0 aromatic heterocycles. The van der Waals surface area contributed by atoms with E-state index in [1.54, 1.807) is 18.2 Å². The van der Waals surface area contributed by atoms with Crippen molar-refractivity contribution in [2.75, 3.05) is 5.12 Å². The zero-order valence-corrected chi connectivity index (χ0v) is 21.2. The summed E-state index contributed by atoms with van der Waals surface area (Å²) in [4.78, 5) is 0. The van der Waals surface area contributed by atoms with Crippen molar-refractivity contribution >= 4 is 22.7 Å². The Kier molecular flexibility index (Phi) is 6.09. The summed E-state index contributed by atoms with van der Waals surface area (Å²) in [7, 11) is 0. The van der Waals surface area contributed by atoms with Crippen LogP contribution in [0.25, 0.3) is 11.3 Å². The summed E-state index contributed by atoms with van der Waals surface area (Å²) in [6.07, 6.45) is 0. The number of nitrogens with one attached hydrogen (secondary N) is 1. The summed E-state index contributed by atoms with van der Waals surface area (Å²) in [5, 5.41) is 38.0. The molecule has 0 saturated carbocycles. The summed E-state index contributed by atoms with van der Waals surface area (Å²) >= 11 is 0. The summed E-state index contributed by atoms with van der Waals surface area (Å²) in [6, 6.07) is 24.0. The highest BCUT2D eigenvalue weighted by Crippen LogP contribution is 2.40. The Bertz CT molecular complexity index is 1590. The minimum absolute atomic E-state index is 0.0446. The van der Waals surface area contributed by atoms with Crippen LogP contribution in [0.3, 0.4) is 0 Å². The number of hydrogen-bond acceptors (Lipinski definition) is 6. The van der Waals surface area contributed by atoms with Crippen LogP contribution in [0, 0.1) is 27.7 Å². The van der Waals surface area contributed by atoms with Crippen LogP contribution in [0.1, 0.15) is 38.9 Å². The van der Waals surface area contributed by atoms with Crippen molar-refractivity contribution in [3.63, 3.8) is 0 Å². The zero-order chi connectivity index (χ0) is 26.3. The van der Waals surface area contributed by atoms with Gasteiger partial charge in [-0.1, -0.05) is 65.7 Å². The second-order valence-corrected chi connectivity index (χ2v) is 9.45. The smallest absolute Gasteiger partial charge is 0.146 e. The maximum absolute atomic E-state index is 11.0. The van der Waals surface area contributed by atoms with E-state index >= 15 is 0 Å². The van der Waals surface area contributed by atoms with Gasteiger partial charge in [0, 0.05) is 28.3 Å². The largest absolute Gasteiger partial charge is 0.508 e. The number of hydrogen-bond donors (Lipinski definition) is 4. The highest BCUT2D eigenvalue weighted by molar-refractivity contribution is 6.38. The summed E-state index contributed by atoms with van der Waals surface area (Å²) < 4.78 is 0.